The van der Waals surface area contributed by atoms with Crippen LogP contribution in [0.1, 0.15) is 36.0 Å². The molecule has 164 valence electrons. The van der Waals surface area contributed by atoms with Crippen molar-refractivity contribution < 1.29 is 19.4 Å². The van der Waals surface area contributed by atoms with E-state index in [-0.39, 0.29) is 12.3 Å². The highest BCUT2D eigenvalue weighted by molar-refractivity contribution is 5.71. The monoisotopic (exact) mass is 431 g/mol. The zero-order valence-corrected chi connectivity index (χ0v) is 18.3. The second-order valence-corrected chi connectivity index (χ2v) is 7.82. The second kappa shape index (κ2) is 9.09. The molecule has 4 rings (SSSR count). The summed E-state index contributed by atoms with van der Waals surface area (Å²) in [6, 6.07) is 15.6. The van der Waals surface area contributed by atoms with Crippen molar-refractivity contribution >= 4 is 11.6 Å². The van der Waals surface area contributed by atoms with E-state index >= 15 is 0 Å². The van der Waals surface area contributed by atoms with Crippen molar-refractivity contribution in [1.29, 1.82) is 0 Å². The van der Waals surface area contributed by atoms with E-state index in [2.05, 4.69) is 23.1 Å². The van der Waals surface area contributed by atoms with Gasteiger partial charge in [-0.05, 0) is 59.9 Å². The van der Waals surface area contributed by atoms with Gasteiger partial charge < -0.3 is 14.6 Å². The van der Waals surface area contributed by atoms with Crippen LogP contribution in [-0.4, -0.2) is 32.8 Å². The van der Waals surface area contributed by atoms with Gasteiger partial charge >= 0.3 is 5.97 Å². The van der Waals surface area contributed by atoms with E-state index in [9.17, 15) is 4.79 Å². The summed E-state index contributed by atoms with van der Waals surface area (Å²) in [6.07, 6.45) is 3.58. The number of benzene rings is 2. The molecule has 2 aromatic carbocycles. The maximum Gasteiger partial charge on any atom is 0.303 e. The Balaban J connectivity index is 1.59. The number of carbonyl (C=O) groups is 1. The van der Waals surface area contributed by atoms with Crippen molar-refractivity contribution in [2.75, 3.05) is 7.11 Å². The summed E-state index contributed by atoms with van der Waals surface area (Å²) >= 11 is 0. The number of fused-ring (bicyclic) bond motifs is 1. The van der Waals surface area contributed by atoms with E-state index in [4.69, 9.17) is 14.6 Å². The number of aromatic nitrogens is 3. The average Bonchev–Trinajstić information content (AvgIpc) is 3.26. The standard InChI is InChI=1S/C25H25N3O4/c1-16-4-7-22(31-3)12-23(16)19-11-20(25-26-15-27-28(25)13-19)14-32-21-8-5-18(6-9-21)17(2)10-24(29)30/h4-9,11-13,15,17H,10,14H2,1-3H3,(H,29,30)/t17-/m0/s1. The summed E-state index contributed by atoms with van der Waals surface area (Å²) in [5, 5.41) is 13.3. The van der Waals surface area contributed by atoms with E-state index in [1.165, 1.54) is 6.33 Å². The van der Waals surface area contributed by atoms with E-state index in [0.717, 1.165) is 39.2 Å². The number of ether oxygens (including phenoxy) is 2. The van der Waals surface area contributed by atoms with Crippen molar-refractivity contribution in [3.8, 4) is 22.6 Å². The number of aliphatic carboxylic acids is 1. The molecule has 2 aromatic heterocycles. The minimum atomic E-state index is -0.804. The highest BCUT2D eigenvalue weighted by Gasteiger charge is 2.13. The second-order valence-electron chi connectivity index (χ2n) is 7.82. The zero-order valence-electron chi connectivity index (χ0n) is 18.3. The molecule has 0 amide bonds. The molecular weight excluding hydrogens is 406 g/mol. The Morgan fingerprint density at radius 3 is 2.59 bits per heavy atom. The van der Waals surface area contributed by atoms with Gasteiger partial charge in [0.05, 0.1) is 13.5 Å². The number of carboxylic acids is 1. The summed E-state index contributed by atoms with van der Waals surface area (Å²) in [5.41, 5.74) is 5.79. The predicted octanol–water partition coefficient (Wildman–Crippen LogP) is 4.87. The first-order valence-corrected chi connectivity index (χ1v) is 10.4. The Morgan fingerprint density at radius 1 is 1.12 bits per heavy atom. The molecule has 0 radical (unpaired) electrons. The molecule has 2 heterocycles. The molecule has 0 saturated heterocycles. The Hall–Kier alpha value is -3.87. The lowest BCUT2D eigenvalue weighted by Crippen LogP contribution is -2.03. The van der Waals surface area contributed by atoms with E-state index in [1.54, 1.807) is 11.6 Å². The van der Waals surface area contributed by atoms with Crippen LogP contribution in [0.3, 0.4) is 0 Å². The summed E-state index contributed by atoms with van der Waals surface area (Å²) < 4.78 is 13.2. The predicted molar refractivity (Wildman–Crippen MR) is 121 cm³/mol. The number of pyridine rings is 1. The summed E-state index contributed by atoms with van der Waals surface area (Å²) in [4.78, 5) is 15.3. The number of rotatable bonds is 8. The third kappa shape index (κ3) is 4.56. The Bertz CT molecular complexity index is 1250. The van der Waals surface area contributed by atoms with Crippen molar-refractivity contribution in [1.82, 2.24) is 14.6 Å². The zero-order chi connectivity index (χ0) is 22.7. The fraction of sp³-hybridized carbons (Fsp3) is 0.240. The van der Waals surface area contributed by atoms with Crippen molar-refractivity contribution in [3.63, 3.8) is 0 Å². The van der Waals surface area contributed by atoms with E-state index in [0.29, 0.717) is 12.4 Å². The molecule has 0 aliphatic rings. The van der Waals surface area contributed by atoms with Crippen LogP contribution in [0.4, 0.5) is 0 Å². The summed E-state index contributed by atoms with van der Waals surface area (Å²) in [5.74, 6) is 0.637. The third-order valence-corrected chi connectivity index (χ3v) is 5.53. The third-order valence-electron chi connectivity index (χ3n) is 5.53. The maximum atomic E-state index is 10.9. The number of hydrogen-bond donors (Lipinski definition) is 1. The molecule has 0 saturated carbocycles. The first kappa shape index (κ1) is 21.4. The van der Waals surface area contributed by atoms with Gasteiger partial charge in [0.2, 0.25) is 0 Å². The van der Waals surface area contributed by atoms with Crippen LogP contribution >= 0.6 is 0 Å². The van der Waals surface area contributed by atoms with Crippen molar-refractivity contribution in [3.05, 3.63) is 77.7 Å². The van der Waals surface area contributed by atoms with Gasteiger partial charge in [0, 0.05) is 17.3 Å². The van der Waals surface area contributed by atoms with Crippen LogP contribution in [0.5, 0.6) is 11.5 Å². The van der Waals surface area contributed by atoms with Crippen LogP contribution in [-0.2, 0) is 11.4 Å². The number of methoxy groups -OCH3 is 1. The highest BCUT2D eigenvalue weighted by Crippen LogP contribution is 2.30. The SMILES string of the molecule is COc1ccc(C)c(-c2cc(COc3ccc([C@@H](C)CC(=O)O)cc3)c3ncnn3c2)c1. The molecule has 4 aromatic rings. The Morgan fingerprint density at radius 2 is 1.88 bits per heavy atom. The Labute approximate surface area is 186 Å². The largest absolute Gasteiger partial charge is 0.497 e. The van der Waals surface area contributed by atoms with Gasteiger partial charge in [-0.15, -0.1) is 0 Å². The number of aryl methyl sites for hydroxylation is 1. The smallest absolute Gasteiger partial charge is 0.303 e. The fourth-order valence-electron chi connectivity index (χ4n) is 3.72. The van der Waals surface area contributed by atoms with Crippen LogP contribution in [0.2, 0.25) is 0 Å². The molecule has 0 aliphatic carbocycles. The first-order valence-electron chi connectivity index (χ1n) is 10.4. The molecule has 7 heteroatoms. The first-order chi connectivity index (χ1) is 15.4. The van der Waals surface area contributed by atoms with Gasteiger partial charge in [0.1, 0.15) is 24.4 Å². The minimum Gasteiger partial charge on any atom is -0.497 e. The molecule has 0 unspecified atom stereocenters. The average molecular weight is 431 g/mol. The lowest BCUT2D eigenvalue weighted by molar-refractivity contribution is -0.137. The van der Waals surface area contributed by atoms with Gasteiger partial charge in [-0.1, -0.05) is 25.1 Å². The Kier molecular flexibility index (Phi) is 6.07. The molecular formula is C25H25N3O4. The van der Waals surface area contributed by atoms with Crippen molar-refractivity contribution in [2.45, 2.75) is 32.8 Å². The molecule has 1 N–H and O–H groups in total. The number of nitrogens with zero attached hydrogens (tertiary/aromatic N) is 3. The summed E-state index contributed by atoms with van der Waals surface area (Å²) in [7, 11) is 1.65. The van der Waals surface area contributed by atoms with Gasteiger partial charge in [-0.3, -0.25) is 4.79 Å². The van der Waals surface area contributed by atoms with Crippen LogP contribution < -0.4 is 9.47 Å². The molecule has 0 spiro atoms. The lowest BCUT2D eigenvalue weighted by atomic mass is 9.98. The minimum absolute atomic E-state index is 0.0556. The maximum absolute atomic E-state index is 10.9. The highest BCUT2D eigenvalue weighted by atomic mass is 16.5. The molecule has 1 atom stereocenters. The van der Waals surface area contributed by atoms with Gasteiger partial charge in [-0.25, -0.2) is 9.50 Å². The number of carboxylic acid groups (broad SMARTS) is 1. The van der Waals surface area contributed by atoms with Crippen molar-refractivity contribution in [2.24, 2.45) is 0 Å². The molecule has 7 nitrogen and oxygen atoms in total. The fourth-order valence-corrected chi connectivity index (χ4v) is 3.72. The number of hydrogen-bond acceptors (Lipinski definition) is 5. The quantitative estimate of drug-likeness (QED) is 0.428. The lowest BCUT2D eigenvalue weighted by Gasteiger charge is -2.13. The molecule has 0 bridgehead atoms. The van der Waals surface area contributed by atoms with Gasteiger partial charge in [0.15, 0.2) is 5.65 Å². The van der Waals surface area contributed by atoms with Gasteiger partial charge in [0.25, 0.3) is 0 Å². The summed E-state index contributed by atoms with van der Waals surface area (Å²) in [6.45, 7) is 4.28. The van der Waals surface area contributed by atoms with Crippen LogP contribution in [0.15, 0.2) is 61.1 Å². The normalized spacial score (nSPS) is 12.0. The van der Waals surface area contributed by atoms with E-state index in [1.807, 2.05) is 55.6 Å². The molecule has 32 heavy (non-hydrogen) atoms. The topological polar surface area (TPSA) is 86.0 Å². The van der Waals surface area contributed by atoms with E-state index < -0.39 is 5.97 Å². The molecule has 0 fully saturated rings. The van der Waals surface area contributed by atoms with Crippen LogP contribution in [0.25, 0.3) is 16.8 Å². The molecule has 0 aliphatic heterocycles. The van der Waals surface area contributed by atoms with Crippen LogP contribution in [0, 0.1) is 6.92 Å². The van der Waals surface area contributed by atoms with Gasteiger partial charge in [-0.2, -0.15) is 5.10 Å².